The molecule has 4 aromatic rings. The summed E-state index contributed by atoms with van der Waals surface area (Å²) in [6.45, 7) is 0. The van der Waals surface area contributed by atoms with Gasteiger partial charge >= 0.3 is 0 Å². The van der Waals surface area contributed by atoms with E-state index in [9.17, 15) is 0 Å². The first-order valence-electron chi connectivity index (χ1n) is 7.11. The maximum atomic E-state index is 4.68. The molecule has 0 aliphatic rings. The number of fused-ring (bicyclic) bond motifs is 2. The number of hydrogen-bond donors (Lipinski definition) is 0. The highest BCUT2D eigenvalue weighted by atomic mass is 33.5. The number of thiophene rings is 1. The zero-order valence-corrected chi connectivity index (χ0v) is 16.2. The van der Waals surface area contributed by atoms with Crippen molar-refractivity contribution in [3.63, 3.8) is 0 Å². The third-order valence-electron chi connectivity index (χ3n) is 3.39. The van der Waals surface area contributed by atoms with Gasteiger partial charge in [0, 0.05) is 10.5 Å². The van der Waals surface area contributed by atoms with Gasteiger partial charge in [-0.3, -0.25) is 0 Å². The van der Waals surface area contributed by atoms with Crippen molar-refractivity contribution in [2.45, 2.75) is 11.5 Å². The quantitative estimate of drug-likeness (QED) is 0.253. The zero-order chi connectivity index (χ0) is 15.5. The minimum absolute atomic E-state index is 0.974. The number of hydrogen-bond acceptors (Lipinski definition) is 6. The van der Waals surface area contributed by atoms with Gasteiger partial charge in [0.1, 0.15) is 5.01 Å². The van der Waals surface area contributed by atoms with Gasteiger partial charge in [0.25, 0.3) is 0 Å². The zero-order valence-electron chi connectivity index (χ0n) is 12.1. The predicted molar refractivity (Wildman–Crippen MR) is 112 cm³/mol. The van der Waals surface area contributed by atoms with Crippen LogP contribution in [0, 0.1) is 0 Å². The molecule has 0 saturated heterocycles. The topological polar surface area (TPSA) is 12.9 Å². The molecule has 0 aliphatic carbocycles. The number of rotatable bonds is 6. The molecule has 2 aromatic heterocycles. The van der Waals surface area contributed by atoms with Crippen molar-refractivity contribution < 1.29 is 0 Å². The first-order chi connectivity index (χ1) is 11.4. The lowest BCUT2D eigenvalue weighted by Crippen LogP contribution is -1.75. The molecule has 2 aromatic carbocycles. The highest BCUT2D eigenvalue weighted by molar-refractivity contribution is 9.09. The Morgan fingerprint density at radius 2 is 1.65 bits per heavy atom. The Bertz CT molecular complexity index is 894. The van der Waals surface area contributed by atoms with Gasteiger partial charge in [-0.15, -0.1) is 22.7 Å². The van der Waals surface area contributed by atoms with Gasteiger partial charge < -0.3 is 0 Å². The monoisotopic (exact) mass is 391 g/mol. The van der Waals surface area contributed by atoms with Crippen molar-refractivity contribution in [2.24, 2.45) is 0 Å². The number of nitrogens with zero attached hydrogens (tertiary/aromatic N) is 1. The van der Waals surface area contributed by atoms with Gasteiger partial charge in [0.2, 0.25) is 0 Å². The summed E-state index contributed by atoms with van der Waals surface area (Å²) in [4.78, 5) is 4.68. The van der Waals surface area contributed by atoms with E-state index in [2.05, 4.69) is 58.9 Å². The van der Waals surface area contributed by atoms with E-state index >= 15 is 0 Å². The van der Waals surface area contributed by atoms with Crippen LogP contribution in [0.5, 0.6) is 0 Å². The molecule has 0 bridgehead atoms. The third kappa shape index (κ3) is 3.72. The van der Waals surface area contributed by atoms with Crippen LogP contribution in [0.1, 0.15) is 10.6 Å². The molecule has 0 radical (unpaired) electrons. The summed E-state index contributed by atoms with van der Waals surface area (Å²) in [6, 6.07) is 17.0. The van der Waals surface area contributed by atoms with Crippen LogP contribution in [0.25, 0.3) is 20.3 Å². The second-order valence-electron chi connectivity index (χ2n) is 4.92. The Morgan fingerprint density at radius 1 is 0.870 bits per heavy atom. The fraction of sp³-hybridized carbons (Fsp3) is 0.118. The molecule has 0 unspecified atom stereocenters. The summed E-state index contributed by atoms with van der Waals surface area (Å²) >= 11 is 3.64. The van der Waals surface area contributed by atoms with Crippen molar-refractivity contribution in [2.75, 3.05) is 0 Å². The Hall–Kier alpha value is -0.660. The molecule has 4 rings (SSSR count). The largest absolute Gasteiger partial charge is 0.240 e. The fourth-order valence-electron chi connectivity index (χ4n) is 2.32. The predicted octanol–water partition coefficient (Wildman–Crippen LogP) is 7.24. The Balaban J connectivity index is 1.29. The van der Waals surface area contributed by atoms with Crippen molar-refractivity contribution in [3.05, 3.63) is 64.5 Å². The highest BCUT2D eigenvalue weighted by Crippen LogP contribution is 2.41. The molecule has 2 heterocycles. The van der Waals surface area contributed by atoms with Gasteiger partial charge in [-0.2, -0.15) is 0 Å². The van der Waals surface area contributed by atoms with Crippen LogP contribution in [0.2, 0.25) is 0 Å². The maximum Gasteiger partial charge on any atom is 0.105 e. The van der Waals surface area contributed by atoms with Crippen LogP contribution >= 0.6 is 54.1 Å². The van der Waals surface area contributed by atoms with Gasteiger partial charge in [-0.25, -0.2) is 4.98 Å². The van der Waals surface area contributed by atoms with Crippen LogP contribution in [-0.2, 0) is 11.5 Å². The summed E-state index contributed by atoms with van der Waals surface area (Å²) in [6.07, 6.45) is 0. The normalized spacial score (nSPS) is 11.5. The molecule has 0 fully saturated rings. The lowest BCUT2D eigenvalue weighted by Gasteiger charge is -1.99. The van der Waals surface area contributed by atoms with E-state index in [1.165, 1.54) is 25.4 Å². The molecule has 0 saturated carbocycles. The van der Waals surface area contributed by atoms with Gasteiger partial charge in [-0.1, -0.05) is 51.9 Å². The number of thiazole rings is 1. The molecule has 0 spiro atoms. The van der Waals surface area contributed by atoms with E-state index in [-0.39, 0.29) is 0 Å². The maximum absolute atomic E-state index is 4.68. The standard InChI is InChI=1S/C17H13NS5/c1-3-7-15-13(5-1)12(9-19-15)10-20-23-21-11-17-18-14-6-2-4-8-16(14)22-17/h1-9H,10-11H2. The van der Waals surface area contributed by atoms with Crippen molar-refractivity contribution >= 4 is 74.4 Å². The number of benzene rings is 2. The smallest absolute Gasteiger partial charge is 0.105 e. The van der Waals surface area contributed by atoms with E-state index in [0.717, 1.165) is 17.0 Å². The summed E-state index contributed by atoms with van der Waals surface area (Å²) in [5, 5.41) is 4.91. The van der Waals surface area contributed by atoms with Gasteiger partial charge in [0.15, 0.2) is 0 Å². The first-order valence-corrected chi connectivity index (χ1v) is 12.6. The molecule has 116 valence electrons. The van der Waals surface area contributed by atoms with Crippen LogP contribution in [-0.4, -0.2) is 4.98 Å². The molecule has 0 amide bonds. The van der Waals surface area contributed by atoms with Gasteiger partial charge in [-0.05, 0) is 44.4 Å². The van der Waals surface area contributed by atoms with E-state index < -0.39 is 0 Å². The highest BCUT2D eigenvalue weighted by Gasteiger charge is 2.05. The molecule has 0 N–H and O–H groups in total. The van der Waals surface area contributed by atoms with Crippen molar-refractivity contribution in [1.29, 1.82) is 0 Å². The van der Waals surface area contributed by atoms with E-state index in [0.29, 0.717) is 0 Å². The van der Waals surface area contributed by atoms with Crippen molar-refractivity contribution in [1.82, 2.24) is 4.98 Å². The average molecular weight is 392 g/mol. The molecule has 1 nitrogen and oxygen atoms in total. The minimum Gasteiger partial charge on any atom is -0.240 e. The SMILES string of the molecule is c1ccc2sc(CSSSCc3csc4ccccc34)nc2c1. The second-order valence-corrected chi connectivity index (χ2v) is 11.2. The summed E-state index contributed by atoms with van der Waals surface area (Å²) in [7, 11) is 5.66. The molecular weight excluding hydrogens is 379 g/mol. The molecule has 0 atom stereocenters. The lowest BCUT2D eigenvalue weighted by atomic mass is 10.2. The summed E-state index contributed by atoms with van der Waals surface area (Å²) in [5.41, 5.74) is 2.57. The first kappa shape index (κ1) is 15.8. The molecule has 6 heteroatoms. The number of para-hydroxylation sites is 1. The van der Waals surface area contributed by atoms with Gasteiger partial charge in [0.05, 0.1) is 16.0 Å². The summed E-state index contributed by atoms with van der Waals surface area (Å²) < 4.78 is 2.67. The van der Waals surface area contributed by atoms with E-state index in [1.54, 1.807) is 11.3 Å². The fourth-order valence-corrected chi connectivity index (χ4v) is 8.17. The van der Waals surface area contributed by atoms with Crippen LogP contribution in [0.4, 0.5) is 0 Å². The average Bonchev–Trinajstić information content (AvgIpc) is 3.18. The van der Waals surface area contributed by atoms with Crippen LogP contribution in [0.3, 0.4) is 0 Å². The van der Waals surface area contributed by atoms with Crippen LogP contribution in [0.15, 0.2) is 53.9 Å². The van der Waals surface area contributed by atoms with Crippen molar-refractivity contribution in [3.8, 4) is 0 Å². The van der Waals surface area contributed by atoms with Crippen LogP contribution < -0.4 is 0 Å². The Labute approximate surface area is 154 Å². The number of aromatic nitrogens is 1. The third-order valence-corrected chi connectivity index (χ3v) is 9.65. The molecular formula is C17H13NS5. The minimum atomic E-state index is 0.974. The molecule has 0 aliphatic heterocycles. The summed E-state index contributed by atoms with van der Waals surface area (Å²) in [5.74, 6) is 2.03. The Morgan fingerprint density at radius 3 is 2.57 bits per heavy atom. The van der Waals surface area contributed by atoms with E-state index in [4.69, 9.17) is 0 Å². The second kappa shape index (κ2) is 7.49. The Kier molecular flexibility index (Phi) is 5.16. The molecule has 23 heavy (non-hydrogen) atoms. The van der Waals surface area contributed by atoms with E-state index in [1.807, 2.05) is 42.8 Å². The lowest BCUT2D eigenvalue weighted by molar-refractivity contribution is 1.32.